The predicted molar refractivity (Wildman–Crippen MR) is 113 cm³/mol. The Morgan fingerprint density at radius 3 is 2.53 bits per heavy atom. The number of nitrogens with one attached hydrogen (secondary N) is 1. The first-order valence-electron chi connectivity index (χ1n) is 10.0. The highest BCUT2D eigenvalue weighted by atomic mass is 19.4. The van der Waals surface area contributed by atoms with Crippen molar-refractivity contribution in [1.29, 1.82) is 0 Å². The second-order valence-corrected chi connectivity index (χ2v) is 7.69. The van der Waals surface area contributed by atoms with Crippen LogP contribution in [0.3, 0.4) is 0 Å². The van der Waals surface area contributed by atoms with Gasteiger partial charge in [0.2, 0.25) is 5.95 Å². The molecule has 3 heterocycles. The number of amides is 3. The molecule has 1 N–H and O–H groups in total. The maximum atomic E-state index is 13.2. The Morgan fingerprint density at radius 2 is 1.82 bits per heavy atom. The summed E-state index contributed by atoms with van der Waals surface area (Å²) >= 11 is 0. The summed E-state index contributed by atoms with van der Waals surface area (Å²) in [6, 6.07) is 10.5. The molecule has 8 nitrogen and oxygen atoms in total. The van der Waals surface area contributed by atoms with Gasteiger partial charge in [-0.1, -0.05) is 0 Å². The van der Waals surface area contributed by atoms with Crippen molar-refractivity contribution in [2.24, 2.45) is 0 Å². The molecule has 3 amide bonds. The van der Waals surface area contributed by atoms with Gasteiger partial charge in [0.25, 0.3) is 17.7 Å². The number of rotatable bonds is 4. The maximum Gasteiger partial charge on any atom is 0.416 e. The number of carbonyl (C=O) groups is 3. The van der Waals surface area contributed by atoms with E-state index < -0.39 is 29.5 Å². The maximum absolute atomic E-state index is 13.2. The molecule has 11 heteroatoms. The minimum Gasteiger partial charge on any atom is -0.467 e. The lowest BCUT2D eigenvalue weighted by Crippen LogP contribution is -2.24. The molecule has 0 saturated carbocycles. The van der Waals surface area contributed by atoms with Crippen LogP contribution in [0.5, 0.6) is 0 Å². The van der Waals surface area contributed by atoms with Gasteiger partial charge in [-0.15, -0.1) is 0 Å². The van der Waals surface area contributed by atoms with Crippen molar-refractivity contribution in [3.05, 3.63) is 82.8 Å². The van der Waals surface area contributed by atoms with Gasteiger partial charge in [-0.05, 0) is 48.5 Å². The molecule has 1 aliphatic rings. The smallest absolute Gasteiger partial charge is 0.416 e. The molecule has 0 radical (unpaired) electrons. The second-order valence-electron chi connectivity index (χ2n) is 7.69. The number of hydrogen-bond donors (Lipinski definition) is 1. The lowest BCUT2D eigenvalue weighted by atomic mass is 10.1. The van der Waals surface area contributed by atoms with Crippen LogP contribution in [0.4, 0.5) is 19.1 Å². The average Bonchev–Trinajstić information content (AvgIpc) is 3.49. The van der Waals surface area contributed by atoms with Gasteiger partial charge >= 0.3 is 6.18 Å². The molecule has 0 fully saturated rings. The first kappa shape index (κ1) is 21.4. The van der Waals surface area contributed by atoms with E-state index in [-0.39, 0.29) is 34.7 Å². The minimum atomic E-state index is -4.55. The fourth-order valence-electron chi connectivity index (χ4n) is 3.80. The van der Waals surface area contributed by atoms with E-state index in [0.29, 0.717) is 11.3 Å². The van der Waals surface area contributed by atoms with Crippen LogP contribution in [0, 0.1) is 0 Å². The van der Waals surface area contributed by atoms with Gasteiger partial charge in [0.15, 0.2) is 0 Å². The summed E-state index contributed by atoms with van der Waals surface area (Å²) in [7, 11) is 1.34. The second kappa shape index (κ2) is 7.58. The number of fused-ring (bicyclic) bond motifs is 2. The first-order valence-corrected chi connectivity index (χ1v) is 10.0. The van der Waals surface area contributed by atoms with Crippen molar-refractivity contribution >= 4 is 34.7 Å². The van der Waals surface area contributed by atoms with Crippen molar-refractivity contribution in [3.8, 4) is 0 Å². The Bertz CT molecular complexity index is 1470. The summed E-state index contributed by atoms with van der Waals surface area (Å²) in [5, 5.41) is 2.60. The molecule has 172 valence electrons. The van der Waals surface area contributed by atoms with E-state index in [2.05, 4.69) is 10.3 Å². The molecule has 1 aliphatic heterocycles. The molecule has 0 aliphatic carbocycles. The molecular weight excluding hydrogens is 453 g/mol. The number of furan rings is 1. The monoisotopic (exact) mass is 468 g/mol. The van der Waals surface area contributed by atoms with E-state index in [1.54, 1.807) is 12.1 Å². The third-order valence-electron chi connectivity index (χ3n) is 5.55. The van der Waals surface area contributed by atoms with Crippen molar-refractivity contribution in [3.63, 3.8) is 0 Å². The zero-order valence-electron chi connectivity index (χ0n) is 17.5. The number of imidazole rings is 1. The largest absolute Gasteiger partial charge is 0.467 e. The lowest BCUT2D eigenvalue weighted by molar-refractivity contribution is -0.137. The van der Waals surface area contributed by atoms with Crippen LogP contribution in [0.15, 0.2) is 59.2 Å². The van der Waals surface area contributed by atoms with Crippen LogP contribution >= 0.6 is 0 Å². The predicted octanol–water partition coefficient (Wildman–Crippen LogP) is 4.17. The molecule has 2 aromatic heterocycles. The van der Waals surface area contributed by atoms with Crippen LogP contribution in [0.1, 0.15) is 42.4 Å². The fourth-order valence-corrected chi connectivity index (χ4v) is 3.80. The van der Waals surface area contributed by atoms with Crippen molar-refractivity contribution in [1.82, 2.24) is 14.5 Å². The Balaban J connectivity index is 1.53. The topological polar surface area (TPSA) is 97.4 Å². The van der Waals surface area contributed by atoms with Gasteiger partial charge in [0.1, 0.15) is 5.76 Å². The number of benzene rings is 2. The van der Waals surface area contributed by atoms with Crippen LogP contribution < -0.4 is 5.32 Å². The number of alkyl halides is 3. The molecule has 34 heavy (non-hydrogen) atoms. The van der Waals surface area contributed by atoms with Gasteiger partial charge in [-0.25, -0.2) is 4.98 Å². The Kier molecular flexibility index (Phi) is 4.78. The van der Waals surface area contributed by atoms with E-state index >= 15 is 0 Å². The van der Waals surface area contributed by atoms with Gasteiger partial charge in [0, 0.05) is 12.6 Å². The molecule has 0 spiro atoms. The highest BCUT2D eigenvalue weighted by molar-refractivity contribution is 6.22. The quantitative estimate of drug-likeness (QED) is 0.454. The normalized spacial score (nSPS) is 13.6. The number of nitrogens with zero attached hydrogens (tertiary/aromatic N) is 3. The van der Waals surface area contributed by atoms with Crippen LogP contribution in [-0.2, 0) is 12.7 Å². The molecular formula is C23H15F3N4O4. The van der Waals surface area contributed by atoms with Gasteiger partial charge in [-0.3, -0.25) is 24.6 Å². The number of halogens is 3. The number of aromatic nitrogens is 2. The van der Waals surface area contributed by atoms with Crippen LogP contribution in [0.2, 0.25) is 0 Å². The summed E-state index contributed by atoms with van der Waals surface area (Å²) in [6.45, 7) is 0.104. The third kappa shape index (κ3) is 3.51. The zero-order chi connectivity index (χ0) is 24.2. The lowest BCUT2D eigenvalue weighted by Gasteiger charge is -2.10. The molecule has 4 aromatic rings. The van der Waals surface area contributed by atoms with Crippen LogP contribution in [-0.4, -0.2) is 39.2 Å². The van der Waals surface area contributed by atoms with E-state index in [9.17, 15) is 27.6 Å². The van der Waals surface area contributed by atoms with Gasteiger partial charge in [-0.2, -0.15) is 13.2 Å². The molecule has 0 atom stereocenters. The third-order valence-corrected chi connectivity index (χ3v) is 5.55. The number of carbonyl (C=O) groups excluding carboxylic acids is 3. The Morgan fingerprint density at radius 1 is 1.06 bits per heavy atom. The summed E-state index contributed by atoms with van der Waals surface area (Å²) in [4.78, 5) is 42.5. The molecule has 2 aromatic carbocycles. The number of imide groups is 1. The number of hydrogen-bond acceptors (Lipinski definition) is 5. The SMILES string of the molecule is CN1C(=O)c2ccc(C(=O)Nc3nc4cc(C(F)(F)F)ccc4n3Cc3ccco3)cc2C1=O. The highest BCUT2D eigenvalue weighted by Crippen LogP contribution is 2.32. The molecule has 0 unspecified atom stereocenters. The Labute approximate surface area is 189 Å². The summed E-state index contributed by atoms with van der Waals surface area (Å²) in [6.07, 6.45) is -3.10. The summed E-state index contributed by atoms with van der Waals surface area (Å²) in [5.74, 6) is -1.15. The molecule has 0 saturated heterocycles. The minimum absolute atomic E-state index is 0.00394. The van der Waals surface area contributed by atoms with E-state index in [0.717, 1.165) is 17.0 Å². The van der Waals surface area contributed by atoms with E-state index in [4.69, 9.17) is 4.42 Å². The summed E-state index contributed by atoms with van der Waals surface area (Å²) < 4.78 is 46.4. The van der Waals surface area contributed by atoms with Gasteiger partial charge < -0.3 is 8.98 Å². The standard InChI is InChI=1S/C23H15F3N4O4/c1-29-20(32)15-6-4-12(9-16(15)21(29)33)19(31)28-22-27-17-10-13(23(24,25)26)5-7-18(17)30(22)11-14-3-2-8-34-14/h2-10H,11H2,1H3,(H,27,28,31). The van der Waals surface area contributed by atoms with Crippen molar-refractivity contribution in [2.75, 3.05) is 12.4 Å². The van der Waals surface area contributed by atoms with Gasteiger partial charge in [0.05, 0.1) is 40.5 Å². The Hall–Kier alpha value is -4.41. The van der Waals surface area contributed by atoms with E-state index in [1.165, 1.54) is 42.1 Å². The van der Waals surface area contributed by atoms with Crippen LogP contribution in [0.25, 0.3) is 11.0 Å². The average molecular weight is 468 g/mol. The number of anilines is 1. The first-order chi connectivity index (χ1) is 16.1. The fraction of sp³-hybridized carbons (Fsp3) is 0.130. The van der Waals surface area contributed by atoms with E-state index in [1.807, 2.05) is 0 Å². The zero-order valence-corrected chi connectivity index (χ0v) is 17.5. The van der Waals surface area contributed by atoms with Crippen molar-refractivity contribution < 1.29 is 32.0 Å². The highest BCUT2D eigenvalue weighted by Gasteiger charge is 2.34. The van der Waals surface area contributed by atoms with Crippen molar-refractivity contribution in [2.45, 2.75) is 12.7 Å². The molecule has 5 rings (SSSR count). The molecule has 0 bridgehead atoms. The summed E-state index contributed by atoms with van der Waals surface area (Å²) in [5.41, 5.74) is -0.105.